The predicted octanol–water partition coefficient (Wildman–Crippen LogP) is 3.60. The summed E-state index contributed by atoms with van der Waals surface area (Å²) in [6.45, 7) is 10.3. The van der Waals surface area contributed by atoms with Crippen molar-refractivity contribution in [2.75, 3.05) is 74.3 Å². The van der Waals surface area contributed by atoms with Crippen LogP contribution in [0.1, 0.15) is 36.6 Å². The van der Waals surface area contributed by atoms with Crippen LogP contribution in [-0.4, -0.2) is 84.1 Å². The lowest BCUT2D eigenvalue weighted by Gasteiger charge is -2.29. The summed E-state index contributed by atoms with van der Waals surface area (Å²) in [4.78, 5) is 4.45. The van der Waals surface area contributed by atoms with Crippen LogP contribution in [0.5, 0.6) is 23.0 Å². The molecule has 0 spiro atoms. The second-order valence-electron chi connectivity index (χ2n) is 8.78. The number of hydrogen-bond donors (Lipinski definition) is 1. The van der Waals surface area contributed by atoms with Crippen molar-refractivity contribution in [1.29, 1.82) is 0 Å². The first-order valence-electron chi connectivity index (χ1n) is 12.2. The van der Waals surface area contributed by atoms with E-state index in [4.69, 9.17) is 18.9 Å². The average Bonchev–Trinajstić information content (AvgIpc) is 2.85. The van der Waals surface area contributed by atoms with Gasteiger partial charge >= 0.3 is 0 Å². The van der Waals surface area contributed by atoms with Crippen molar-refractivity contribution in [3.63, 3.8) is 0 Å². The Bertz CT molecular complexity index is 915. The van der Waals surface area contributed by atoms with Crippen LogP contribution in [0.2, 0.25) is 0 Å². The lowest BCUT2D eigenvalue weighted by Crippen LogP contribution is -2.31. The zero-order valence-corrected chi connectivity index (χ0v) is 21.6. The molecule has 3 rings (SSSR count). The molecular formula is C27H41N3O4. The highest BCUT2D eigenvalue weighted by molar-refractivity contribution is 5.53. The van der Waals surface area contributed by atoms with Gasteiger partial charge in [0.1, 0.15) is 13.2 Å². The molecule has 1 heterocycles. The lowest BCUT2D eigenvalue weighted by molar-refractivity contribution is 0.217. The van der Waals surface area contributed by atoms with Crippen molar-refractivity contribution >= 4 is 0 Å². The Hall–Kier alpha value is -2.48. The van der Waals surface area contributed by atoms with E-state index in [-0.39, 0.29) is 6.04 Å². The minimum absolute atomic E-state index is 0.0458. The quantitative estimate of drug-likeness (QED) is 0.479. The predicted molar refractivity (Wildman–Crippen MR) is 137 cm³/mol. The first kappa shape index (κ1) is 26.1. The number of nitrogens with zero attached hydrogens (tertiary/aromatic N) is 2. The zero-order chi connectivity index (χ0) is 24.5. The maximum Gasteiger partial charge on any atom is 0.161 e. The van der Waals surface area contributed by atoms with Crippen molar-refractivity contribution < 1.29 is 18.9 Å². The summed E-state index contributed by atoms with van der Waals surface area (Å²) < 4.78 is 23.5. The smallest absolute Gasteiger partial charge is 0.161 e. The number of benzene rings is 2. The van der Waals surface area contributed by atoms with Crippen LogP contribution in [0.15, 0.2) is 30.3 Å². The second kappa shape index (κ2) is 12.8. The second-order valence-corrected chi connectivity index (χ2v) is 8.78. The SMILES string of the molecule is CCN(CC)CCOc1cc2c(cc1OC)CCNC2c1ccc(OCCN(C)C)c(OC)c1. The van der Waals surface area contributed by atoms with Gasteiger partial charge in [-0.1, -0.05) is 19.9 Å². The molecule has 0 amide bonds. The van der Waals surface area contributed by atoms with E-state index in [0.29, 0.717) is 13.2 Å². The number of hydrogen-bond acceptors (Lipinski definition) is 7. The van der Waals surface area contributed by atoms with Crippen LogP contribution in [0.4, 0.5) is 0 Å². The average molecular weight is 472 g/mol. The summed E-state index contributed by atoms with van der Waals surface area (Å²) in [5, 5.41) is 3.67. The van der Waals surface area contributed by atoms with Gasteiger partial charge in [-0.25, -0.2) is 0 Å². The molecule has 0 fully saturated rings. The van der Waals surface area contributed by atoms with Gasteiger partial charge in [-0.05, 0) is 74.6 Å². The Morgan fingerprint density at radius 3 is 2.21 bits per heavy atom. The maximum absolute atomic E-state index is 6.20. The van der Waals surface area contributed by atoms with Gasteiger partial charge in [-0.2, -0.15) is 0 Å². The van der Waals surface area contributed by atoms with Gasteiger partial charge in [0.15, 0.2) is 23.0 Å². The number of ether oxygens (including phenoxy) is 4. The van der Waals surface area contributed by atoms with Crippen LogP contribution < -0.4 is 24.3 Å². The fourth-order valence-electron chi connectivity index (χ4n) is 4.28. The van der Waals surface area contributed by atoms with Gasteiger partial charge in [0.2, 0.25) is 0 Å². The van der Waals surface area contributed by atoms with Crippen LogP contribution >= 0.6 is 0 Å². The molecule has 188 valence electrons. The summed E-state index contributed by atoms with van der Waals surface area (Å²) in [6.07, 6.45) is 0.949. The number of rotatable bonds is 13. The molecule has 1 unspecified atom stereocenters. The molecule has 0 saturated heterocycles. The van der Waals surface area contributed by atoms with E-state index >= 15 is 0 Å². The summed E-state index contributed by atoms with van der Waals surface area (Å²) in [6, 6.07) is 10.5. The van der Waals surface area contributed by atoms with Gasteiger partial charge in [0.25, 0.3) is 0 Å². The summed E-state index contributed by atoms with van der Waals surface area (Å²) >= 11 is 0. The van der Waals surface area contributed by atoms with Crippen molar-refractivity contribution in [2.24, 2.45) is 0 Å². The van der Waals surface area contributed by atoms with E-state index in [1.165, 1.54) is 11.1 Å². The first-order chi connectivity index (χ1) is 16.5. The summed E-state index contributed by atoms with van der Waals surface area (Å²) in [5.74, 6) is 3.09. The molecular weight excluding hydrogens is 430 g/mol. The van der Waals surface area contributed by atoms with Crippen LogP contribution in [0.3, 0.4) is 0 Å². The van der Waals surface area contributed by atoms with Crippen molar-refractivity contribution in [3.05, 3.63) is 47.0 Å². The molecule has 1 aliphatic rings. The fourth-order valence-corrected chi connectivity index (χ4v) is 4.28. The third kappa shape index (κ3) is 6.56. The highest BCUT2D eigenvalue weighted by atomic mass is 16.5. The number of nitrogens with one attached hydrogen (secondary N) is 1. The molecule has 0 aliphatic carbocycles. The van der Waals surface area contributed by atoms with Crippen molar-refractivity contribution in [3.8, 4) is 23.0 Å². The Morgan fingerprint density at radius 1 is 0.853 bits per heavy atom. The molecule has 2 aromatic carbocycles. The molecule has 0 bridgehead atoms. The fraction of sp³-hybridized carbons (Fsp3) is 0.556. The first-order valence-corrected chi connectivity index (χ1v) is 12.2. The Balaban J connectivity index is 1.84. The summed E-state index contributed by atoms with van der Waals surface area (Å²) in [5.41, 5.74) is 3.63. The van der Waals surface area contributed by atoms with Crippen LogP contribution in [0.25, 0.3) is 0 Å². The van der Waals surface area contributed by atoms with Gasteiger partial charge in [-0.3, -0.25) is 0 Å². The van der Waals surface area contributed by atoms with Gasteiger partial charge in [0.05, 0.1) is 20.3 Å². The summed E-state index contributed by atoms with van der Waals surface area (Å²) in [7, 11) is 7.46. The molecule has 1 atom stereocenters. The third-order valence-corrected chi connectivity index (χ3v) is 6.36. The van der Waals surface area contributed by atoms with Gasteiger partial charge in [0, 0.05) is 19.6 Å². The number of fused-ring (bicyclic) bond motifs is 1. The lowest BCUT2D eigenvalue weighted by atomic mass is 9.89. The molecule has 7 nitrogen and oxygen atoms in total. The molecule has 0 radical (unpaired) electrons. The van der Waals surface area contributed by atoms with E-state index in [9.17, 15) is 0 Å². The Morgan fingerprint density at radius 2 is 1.53 bits per heavy atom. The van der Waals surface area contributed by atoms with E-state index in [0.717, 1.165) is 67.7 Å². The molecule has 34 heavy (non-hydrogen) atoms. The topological polar surface area (TPSA) is 55.4 Å². The maximum atomic E-state index is 6.20. The zero-order valence-electron chi connectivity index (χ0n) is 21.6. The van der Waals surface area contributed by atoms with Crippen LogP contribution in [0, 0.1) is 0 Å². The minimum Gasteiger partial charge on any atom is -0.493 e. The van der Waals surface area contributed by atoms with Crippen molar-refractivity contribution in [1.82, 2.24) is 15.1 Å². The van der Waals surface area contributed by atoms with Crippen molar-refractivity contribution in [2.45, 2.75) is 26.3 Å². The number of likely N-dealkylation sites (N-methyl/N-ethyl adjacent to an activating group) is 2. The molecule has 1 N–H and O–H groups in total. The third-order valence-electron chi connectivity index (χ3n) is 6.36. The Kier molecular flexibility index (Phi) is 9.86. The van der Waals surface area contributed by atoms with Gasteiger partial charge in [-0.15, -0.1) is 0 Å². The molecule has 7 heteroatoms. The van der Waals surface area contributed by atoms with E-state index in [2.05, 4.69) is 53.2 Å². The standard InChI is InChI=1S/C27H41N3O4/c1-7-30(8-2)14-16-34-26-19-22-20(17-25(26)32-6)11-12-28-27(22)21-9-10-23(24(18-21)31-5)33-15-13-29(3)4/h9-10,17-19,27-28H,7-8,11-16H2,1-6H3. The molecule has 1 aliphatic heterocycles. The molecule has 0 aromatic heterocycles. The van der Waals surface area contributed by atoms with Crippen LogP contribution in [-0.2, 0) is 6.42 Å². The molecule has 0 saturated carbocycles. The van der Waals surface area contributed by atoms with Gasteiger partial charge < -0.3 is 34.1 Å². The number of methoxy groups -OCH3 is 2. The molecule has 2 aromatic rings. The minimum atomic E-state index is 0.0458. The highest BCUT2D eigenvalue weighted by Gasteiger charge is 2.25. The largest absolute Gasteiger partial charge is 0.493 e. The Labute approximate surface area is 204 Å². The monoisotopic (exact) mass is 471 g/mol. The van der Waals surface area contributed by atoms with E-state index < -0.39 is 0 Å². The van der Waals surface area contributed by atoms with E-state index in [1.54, 1.807) is 14.2 Å². The van der Waals surface area contributed by atoms with E-state index in [1.807, 2.05) is 20.2 Å². The highest BCUT2D eigenvalue weighted by Crippen LogP contribution is 2.39. The normalized spacial score (nSPS) is 15.4.